The Kier molecular flexibility index (Phi) is 5.83. The topological polar surface area (TPSA) is 111 Å². The summed E-state index contributed by atoms with van der Waals surface area (Å²) in [6.07, 6.45) is 4.07. The van der Waals surface area contributed by atoms with Crippen molar-refractivity contribution in [2.45, 2.75) is 32.9 Å². The Hall–Kier alpha value is -3.49. The third kappa shape index (κ3) is 4.43. The van der Waals surface area contributed by atoms with Crippen molar-refractivity contribution in [2.24, 2.45) is 7.05 Å². The van der Waals surface area contributed by atoms with Crippen molar-refractivity contribution < 1.29 is 9.59 Å². The zero-order chi connectivity index (χ0) is 20.1. The molecule has 28 heavy (non-hydrogen) atoms. The van der Waals surface area contributed by atoms with Gasteiger partial charge < -0.3 is 10.6 Å². The SMILES string of the molecule is CCCC(=O)Nc1ccc(CNC(=O)Cn2cnc3c(cnn3C)c2=O)cc1. The van der Waals surface area contributed by atoms with E-state index in [9.17, 15) is 14.4 Å². The van der Waals surface area contributed by atoms with Crippen LogP contribution in [0.4, 0.5) is 5.69 Å². The number of nitrogens with one attached hydrogen (secondary N) is 2. The van der Waals surface area contributed by atoms with Crippen LogP contribution in [0.15, 0.2) is 41.6 Å². The summed E-state index contributed by atoms with van der Waals surface area (Å²) >= 11 is 0. The first-order valence-corrected chi connectivity index (χ1v) is 9.00. The molecule has 0 unspecified atom stereocenters. The van der Waals surface area contributed by atoms with Gasteiger partial charge in [-0.25, -0.2) is 4.98 Å². The molecule has 3 aromatic rings. The molecule has 0 radical (unpaired) electrons. The predicted octanol–water partition coefficient (Wildman–Crippen LogP) is 1.18. The second kappa shape index (κ2) is 8.47. The number of carbonyl (C=O) groups is 2. The highest BCUT2D eigenvalue weighted by molar-refractivity contribution is 5.90. The van der Waals surface area contributed by atoms with Crippen molar-refractivity contribution in [3.8, 4) is 0 Å². The zero-order valence-electron chi connectivity index (χ0n) is 15.8. The molecule has 2 amide bonds. The number of nitrogens with zero attached hydrogens (tertiary/aromatic N) is 4. The van der Waals surface area contributed by atoms with E-state index in [-0.39, 0.29) is 23.9 Å². The van der Waals surface area contributed by atoms with Gasteiger partial charge in [0.05, 0.1) is 6.20 Å². The minimum absolute atomic E-state index is 0.0202. The fourth-order valence-electron chi connectivity index (χ4n) is 2.75. The molecule has 0 saturated heterocycles. The maximum Gasteiger partial charge on any atom is 0.264 e. The molecule has 2 N–H and O–H groups in total. The summed E-state index contributed by atoms with van der Waals surface area (Å²) in [5, 5.41) is 9.96. The van der Waals surface area contributed by atoms with Gasteiger partial charge in [0.2, 0.25) is 11.8 Å². The van der Waals surface area contributed by atoms with Gasteiger partial charge in [-0.2, -0.15) is 5.10 Å². The molecule has 0 saturated carbocycles. The monoisotopic (exact) mass is 382 g/mol. The van der Waals surface area contributed by atoms with Gasteiger partial charge in [-0.15, -0.1) is 0 Å². The fraction of sp³-hybridized carbons (Fsp3) is 0.316. The van der Waals surface area contributed by atoms with E-state index in [4.69, 9.17) is 0 Å². The lowest BCUT2D eigenvalue weighted by Gasteiger charge is -2.09. The highest BCUT2D eigenvalue weighted by atomic mass is 16.2. The molecular weight excluding hydrogens is 360 g/mol. The lowest BCUT2D eigenvalue weighted by atomic mass is 10.2. The normalized spacial score (nSPS) is 10.8. The summed E-state index contributed by atoms with van der Waals surface area (Å²) in [6.45, 7) is 2.14. The van der Waals surface area contributed by atoms with Gasteiger partial charge in [0, 0.05) is 25.7 Å². The van der Waals surface area contributed by atoms with Crippen LogP contribution in [0.3, 0.4) is 0 Å². The quantitative estimate of drug-likeness (QED) is 0.638. The van der Waals surface area contributed by atoms with Gasteiger partial charge in [-0.3, -0.25) is 23.6 Å². The van der Waals surface area contributed by atoms with Crippen LogP contribution in [-0.4, -0.2) is 31.1 Å². The van der Waals surface area contributed by atoms with Crippen LogP contribution >= 0.6 is 0 Å². The molecule has 9 nitrogen and oxygen atoms in total. The van der Waals surface area contributed by atoms with E-state index < -0.39 is 0 Å². The van der Waals surface area contributed by atoms with Crippen molar-refractivity contribution in [2.75, 3.05) is 5.32 Å². The molecule has 0 spiro atoms. The van der Waals surface area contributed by atoms with Gasteiger partial charge in [0.25, 0.3) is 5.56 Å². The zero-order valence-corrected chi connectivity index (χ0v) is 15.8. The molecule has 0 aliphatic rings. The maximum atomic E-state index is 12.4. The van der Waals surface area contributed by atoms with Crippen LogP contribution in [0.5, 0.6) is 0 Å². The van der Waals surface area contributed by atoms with Gasteiger partial charge in [-0.05, 0) is 24.1 Å². The van der Waals surface area contributed by atoms with E-state index in [0.717, 1.165) is 17.7 Å². The number of anilines is 1. The van der Waals surface area contributed by atoms with Crippen LogP contribution in [0.1, 0.15) is 25.3 Å². The summed E-state index contributed by atoms with van der Waals surface area (Å²) in [4.78, 5) is 40.3. The molecule has 146 valence electrons. The Balaban J connectivity index is 1.56. The van der Waals surface area contributed by atoms with Crippen LogP contribution in [0.25, 0.3) is 11.0 Å². The smallest absolute Gasteiger partial charge is 0.264 e. The second-order valence-electron chi connectivity index (χ2n) is 6.45. The predicted molar refractivity (Wildman–Crippen MR) is 105 cm³/mol. The van der Waals surface area contributed by atoms with Crippen molar-refractivity contribution in [1.29, 1.82) is 0 Å². The summed E-state index contributed by atoms with van der Waals surface area (Å²) in [5.74, 6) is -0.319. The maximum absolute atomic E-state index is 12.4. The summed E-state index contributed by atoms with van der Waals surface area (Å²) in [5.41, 5.74) is 1.78. The van der Waals surface area contributed by atoms with Crippen LogP contribution in [-0.2, 0) is 29.7 Å². The first-order chi connectivity index (χ1) is 13.5. The molecule has 0 aliphatic heterocycles. The second-order valence-corrected chi connectivity index (χ2v) is 6.45. The van der Waals surface area contributed by atoms with Gasteiger partial charge in [-0.1, -0.05) is 19.1 Å². The largest absolute Gasteiger partial charge is 0.350 e. The summed E-state index contributed by atoms with van der Waals surface area (Å²) in [7, 11) is 1.70. The molecule has 0 fully saturated rings. The third-order valence-corrected chi connectivity index (χ3v) is 4.24. The van der Waals surface area contributed by atoms with Crippen molar-refractivity contribution in [1.82, 2.24) is 24.6 Å². The molecule has 0 bridgehead atoms. The lowest BCUT2D eigenvalue weighted by Crippen LogP contribution is -2.32. The fourth-order valence-corrected chi connectivity index (χ4v) is 2.75. The Morgan fingerprint density at radius 2 is 1.89 bits per heavy atom. The van der Waals surface area contributed by atoms with Crippen LogP contribution in [0, 0.1) is 0 Å². The number of aryl methyl sites for hydroxylation is 1. The third-order valence-electron chi connectivity index (χ3n) is 4.24. The van der Waals surface area contributed by atoms with E-state index in [1.165, 1.54) is 21.8 Å². The number of hydrogen-bond acceptors (Lipinski definition) is 5. The van der Waals surface area contributed by atoms with E-state index in [2.05, 4.69) is 20.7 Å². The van der Waals surface area contributed by atoms with Gasteiger partial charge in [0.1, 0.15) is 18.3 Å². The lowest BCUT2D eigenvalue weighted by molar-refractivity contribution is -0.122. The Morgan fingerprint density at radius 3 is 2.61 bits per heavy atom. The average Bonchev–Trinajstić information content (AvgIpc) is 3.05. The standard InChI is InChI=1S/C19H22N6O3/c1-3-4-16(26)23-14-7-5-13(6-8-14)9-20-17(27)11-25-12-21-18-15(19(25)28)10-22-24(18)2/h5-8,10,12H,3-4,9,11H2,1-2H3,(H,20,27)(H,23,26). The van der Waals surface area contributed by atoms with Gasteiger partial charge >= 0.3 is 0 Å². The Morgan fingerprint density at radius 1 is 1.14 bits per heavy atom. The molecule has 9 heteroatoms. The van der Waals surface area contributed by atoms with Crippen molar-refractivity contribution >= 4 is 28.5 Å². The highest BCUT2D eigenvalue weighted by Gasteiger charge is 2.10. The molecule has 0 aliphatic carbocycles. The molecule has 0 atom stereocenters. The molecule has 3 rings (SSSR count). The Labute approximate surface area is 161 Å². The number of amides is 2. The molecular formula is C19H22N6O3. The van der Waals surface area contributed by atoms with Crippen molar-refractivity contribution in [3.63, 3.8) is 0 Å². The minimum Gasteiger partial charge on any atom is -0.350 e. The average molecular weight is 382 g/mol. The number of aromatic nitrogens is 4. The summed E-state index contributed by atoms with van der Waals surface area (Å²) < 4.78 is 2.77. The Bertz CT molecular complexity index is 1050. The minimum atomic E-state index is -0.305. The number of fused-ring (bicyclic) bond motifs is 1. The summed E-state index contributed by atoms with van der Waals surface area (Å²) in [6, 6.07) is 7.24. The first-order valence-electron chi connectivity index (χ1n) is 9.00. The van der Waals surface area contributed by atoms with Crippen molar-refractivity contribution in [3.05, 3.63) is 52.7 Å². The molecule has 2 aromatic heterocycles. The number of hydrogen-bond donors (Lipinski definition) is 2. The van der Waals surface area contributed by atoms with Crippen LogP contribution < -0.4 is 16.2 Å². The number of benzene rings is 1. The van der Waals surface area contributed by atoms with E-state index in [1.807, 2.05) is 19.1 Å². The van der Waals surface area contributed by atoms with Gasteiger partial charge in [0.15, 0.2) is 5.65 Å². The molecule has 1 aromatic carbocycles. The number of rotatable bonds is 7. The van der Waals surface area contributed by atoms with E-state index in [0.29, 0.717) is 24.0 Å². The highest BCUT2D eigenvalue weighted by Crippen LogP contribution is 2.10. The van der Waals surface area contributed by atoms with Crippen LogP contribution in [0.2, 0.25) is 0 Å². The number of carbonyl (C=O) groups excluding carboxylic acids is 2. The van der Waals surface area contributed by atoms with E-state index >= 15 is 0 Å². The molecule has 2 heterocycles. The van der Waals surface area contributed by atoms with E-state index in [1.54, 1.807) is 19.2 Å². The first kappa shape index (κ1) is 19.3.